The monoisotopic (exact) mass is 706 g/mol. The van der Waals surface area contributed by atoms with Crippen LogP contribution in [0.25, 0.3) is 45.0 Å². The van der Waals surface area contributed by atoms with Crippen molar-refractivity contribution in [3.63, 3.8) is 0 Å². The van der Waals surface area contributed by atoms with E-state index in [1.54, 1.807) is 0 Å². The highest BCUT2D eigenvalue weighted by molar-refractivity contribution is 5.92. The molecule has 1 unspecified atom stereocenters. The Labute approximate surface area is 322 Å². The second-order valence-electron chi connectivity index (χ2n) is 13.8. The maximum atomic E-state index is 6.86. The van der Waals surface area contributed by atoms with Crippen molar-refractivity contribution in [3.8, 4) is 45.0 Å². The smallest absolute Gasteiger partial charge is 0.163 e. The van der Waals surface area contributed by atoms with Crippen molar-refractivity contribution in [2.45, 2.75) is 11.3 Å². The van der Waals surface area contributed by atoms with Crippen LogP contribution < -0.4 is 5.73 Å². The van der Waals surface area contributed by atoms with Crippen molar-refractivity contribution >= 4 is 5.69 Å². The third-order valence-corrected chi connectivity index (χ3v) is 10.6. The number of anilines is 1. The van der Waals surface area contributed by atoms with E-state index in [1.165, 1.54) is 33.4 Å². The first kappa shape index (κ1) is 33.7. The van der Waals surface area contributed by atoms with Gasteiger partial charge in [0, 0.05) is 22.4 Å². The molecule has 7 aromatic carbocycles. The summed E-state index contributed by atoms with van der Waals surface area (Å²) in [4.78, 5) is 15.6. The molecule has 1 atom stereocenters. The number of nitrogens with two attached hydrogens (primary N) is 1. The van der Waals surface area contributed by atoms with Gasteiger partial charge >= 0.3 is 0 Å². The van der Waals surface area contributed by atoms with Gasteiger partial charge in [-0.1, -0.05) is 195 Å². The Bertz CT molecular complexity index is 2570. The lowest BCUT2D eigenvalue weighted by atomic mass is 9.67. The minimum atomic E-state index is -0.597. The van der Waals surface area contributed by atoms with E-state index in [0.717, 1.165) is 27.8 Å². The summed E-state index contributed by atoms with van der Waals surface area (Å²) in [7, 11) is 0. The van der Waals surface area contributed by atoms with Gasteiger partial charge < -0.3 is 5.73 Å². The van der Waals surface area contributed by atoms with Gasteiger partial charge in [-0.25, -0.2) is 15.0 Å². The van der Waals surface area contributed by atoms with E-state index in [4.69, 9.17) is 20.7 Å². The maximum Gasteiger partial charge on any atom is 0.163 e. The number of hydrogen-bond donors (Lipinski definition) is 1. The fourth-order valence-electron chi connectivity index (χ4n) is 8.22. The van der Waals surface area contributed by atoms with Crippen LogP contribution in [0.2, 0.25) is 0 Å². The normalized spacial score (nSPS) is 13.2. The highest BCUT2D eigenvalue weighted by Gasteiger charge is 2.46. The minimum Gasteiger partial charge on any atom is -0.398 e. The van der Waals surface area contributed by atoms with Crippen LogP contribution in [0.4, 0.5) is 5.69 Å². The van der Waals surface area contributed by atoms with Crippen molar-refractivity contribution in [3.05, 3.63) is 240 Å². The second kappa shape index (κ2) is 14.3. The molecule has 1 heterocycles. The molecule has 1 aromatic heterocycles. The summed E-state index contributed by atoms with van der Waals surface area (Å²) in [5.74, 6) is 1.44. The number of para-hydroxylation sites is 1. The van der Waals surface area contributed by atoms with Crippen LogP contribution in [0.5, 0.6) is 0 Å². The van der Waals surface area contributed by atoms with E-state index in [9.17, 15) is 0 Å². The van der Waals surface area contributed by atoms with E-state index < -0.39 is 11.3 Å². The average molecular weight is 707 g/mol. The molecule has 2 N–H and O–H groups in total. The third kappa shape index (κ3) is 5.85. The van der Waals surface area contributed by atoms with Crippen LogP contribution in [0.1, 0.15) is 39.6 Å². The molecular weight excluding hydrogens is 669 g/mol. The number of benzene rings is 7. The molecule has 262 valence electrons. The molecule has 55 heavy (non-hydrogen) atoms. The number of aromatic nitrogens is 3. The van der Waals surface area contributed by atoms with E-state index in [2.05, 4.69) is 116 Å². The van der Waals surface area contributed by atoms with Crippen molar-refractivity contribution in [1.29, 1.82) is 0 Å². The summed E-state index contributed by atoms with van der Waals surface area (Å²) in [6.45, 7) is 4.07. The van der Waals surface area contributed by atoms with E-state index in [1.807, 2.05) is 91.0 Å². The Morgan fingerprint density at radius 3 is 1.56 bits per heavy atom. The minimum absolute atomic E-state index is 0.404. The lowest BCUT2D eigenvalue weighted by Crippen LogP contribution is -2.28. The molecule has 0 spiro atoms. The Morgan fingerprint density at radius 1 is 0.491 bits per heavy atom. The van der Waals surface area contributed by atoms with Crippen molar-refractivity contribution in [2.75, 3.05) is 5.73 Å². The van der Waals surface area contributed by atoms with Gasteiger partial charge in [0.05, 0.1) is 11.3 Å². The Kier molecular flexibility index (Phi) is 8.77. The fraction of sp³-hybridized carbons (Fsp3) is 0.0392. The number of allylic oxidation sites excluding steroid dienone is 3. The van der Waals surface area contributed by atoms with Crippen LogP contribution in [-0.4, -0.2) is 15.0 Å². The van der Waals surface area contributed by atoms with Crippen molar-refractivity contribution in [1.82, 2.24) is 15.0 Å². The number of nitrogens with zero attached hydrogens (tertiary/aromatic N) is 3. The first-order valence-electron chi connectivity index (χ1n) is 18.6. The van der Waals surface area contributed by atoms with Crippen LogP contribution in [0, 0.1) is 0 Å². The molecule has 0 bridgehead atoms. The molecule has 1 aliphatic rings. The summed E-state index contributed by atoms with van der Waals surface area (Å²) in [6, 6.07) is 63.6. The number of hydrogen-bond acceptors (Lipinski definition) is 4. The zero-order chi connectivity index (χ0) is 37.2. The van der Waals surface area contributed by atoms with E-state index >= 15 is 0 Å². The van der Waals surface area contributed by atoms with Gasteiger partial charge in [-0.3, -0.25) is 0 Å². The molecule has 8 aromatic rings. The molecule has 0 radical (unpaired) electrons. The van der Waals surface area contributed by atoms with Crippen LogP contribution >= 0.6 is 0 Å². The van der Waals surface area contributed by atoms with Gasteiger partial charge in [0.2, 0.25) is 0 Å². The molecular formula is C51H38N4. The molecule has 0 fully saturated rings. The second-order valence-corrected chi connectivity index (χ2v) is 13.8. The Morgan fingerprint density at radius 2 is 1.00 bits per heavy atom. The van der Waals surface area contributed by atoms with Crippen LogP contribution in [-0.2, 0) is 5.41 Å². The molecule has 0 amide bonds. The lowest BCUT2D eigenvalue weighted by Gasteiger charge is -2.34. The largest absolute Gasteiger partial charge is 0.398 e. The highest BCUT2D eigenvalue weighted by atomic mass is 15.0. The predicted octanol–water partition coefficient (Wildman–Crippen LogP) is 11.7. The fourth-order valence-corrected chi connectivity index (χ4v) is 8.22. The van der Waals surface area contributed by atoms with Crippen molar-refractivity contribution < 1.29 is 0 Å². The summed E-state index contributed by atoms with van der Waals surface area (Å²) < 4.78 is 0. The zero-order valence-corrected chi connectivity index (χ0v) is 30.3. The van der Waals surface area contributed by atoms with Gasteiger partial charge in [0.25, 0.3) is 0 Å². The summed E-state index contributed by atoms with van der Waals surface area (Å²) in [6.07, 6.45) is 5.94. The molecule has 1 aliphatic carbocycles. The molecule has 0 aliphatic heterocycles. The Hall–Kier alpha value is -7.17. The third-order valence-electron chi connectivity index (χ3n) is 10.6. The first-order valence-corrected chi connectivity index (χ1v) is 18.6. The average Bonchev–Trinajstić information content (AvgIpc) is 3.55. The molecule has 4 nitrogen and oxygen atoms in total. The van der Waals surface area contributed by atoms with Gasteiger partial charge in [-0.15, -0.1) is 0 Å². The highest BCUT2D eigenvalue weighted by Crippen LogP contribution is 2.58. The van der Waals surface area contributed by atoms with Gasteiger partial charge in [0.15, 0.2) is 11.6 Å². The number of nitrogen functional groups attached to an aromatic ring is 1. The van der Waals surface area contributed by atoms with Gasteiger partial charge in [-0.05, 0) is 56.6 Å². The van der Waals surface area contributed by atoms with Gasteiger partial charge in [0.1, 0.15) is 5.82 Å². The molecule has 4 heteroatoms. The predicted molar refractivity (Wildman–Crippen MR) is 225 cm³/mol. The van der Waals surface area contributed by atoms with Crippen LogP contribution in [0.15, 0.2) is 207 Å². The summed E-state index contributed by atoms with van der Waals surface area (Å²) in [5, 5.41) is 0. The topological polar surface area (TPSA) is 64.7 Å². The zero-order valence-electron chi connectivity index (χ0n) is 30.3. The Balaban J connectivity index is 1.40. The quantitative estimate of drug-likeness (QED) is 0.120. The summed E-state index contributed by atoms with van der Waals surface area (Å²) in [5.41, 5.74) is 19.0. The van der Waals surface area contributed by atoms with Crippen molar-refractivity contribution in [2.24, 2.45) is 0 Å². The summed E-state index contributed by atoms with van der Waals surface area (Å²) >= 11 is 0. The first-order chi connectivity index (χ1) is 27.2. The van der Waals surface area contributed by atoms with Gasteiger partial charge in [-0.2, -0.15) is 0 Å². The molecule has 9 rings (SSSR count). The number of fused-ring (bicyclic) bond motifs is 3. The van der Waals surface area contributed by atoms with E-state index in [-0.39, 0.29) is 0 Å². The SMILES string of the molecule is C=C/C=C\C(c1nc(-c2ccccc2)nc(-c2ccccc2)n1)c1cc2c(cc1-c1ccccc1N)-c1ccccc1C2(c1ccccc1)c1ccccc1. The number of rotatable bonds is 9. The van der Waals surface area contributed by atoms with Crippen LogP contribution in [0.3, 0.4) is 0 Å². The van der Waals surface area contributed by atoms with E-state index in [0.29, 0.717) is 23.2 Å². The standard InChI is InChI=1S/C51H38N4/c1-2-3-28-41(50-54-48(35-20-8-4-9-21-35)53-49(55-50)36-22-10-5-11-23-36)43-34-46-44(33-42(43)40-30-17-19-32-47(40)52)39-29-16-18-31-45(39)51(46,37-24-12-6-13-25-37)38-26-14-7-15-27-38/h2-34,41H,1,52H2/b28-3-. The lowest BCUT2D eigenvalue weighted by molar-refractivity contribution is 0.764. The maximum absolute atomic E-state index is 6.86. The molecule has 0 saturated heterocycles. The molecule has 0 saturated carbocycles.